The summed E-state index contributed by atoms with van der Waals surface area (Å²) < 4.78 is 5.74. The number of hydrogen-bond acceptors (Lipinski definition) is 3. The molecule has 1 rings (SSSR count). The molecule has 0 spiro atoms. The number of ether oxygens (including phenoxy) is 1. The maximum atomic E-state index is 11.5. The molecule has 1 atom stereocenters. The van der Waals surface area contributed by atoms with Gasteiger partial charge in [0.15, 0.2) is 0 Å². The highest BCUT2D eigenvalue weighted by Crippen LogP contribution is 2.19. The Kier molecular flexibility index (Phi) is 7.94. The second-order valence-electron chi connectivity index (χ2n) is 5.79. The van der Waals surface area contributed by atoms with Gasteiger partial charge in [0, 0.05) is 13.0 Å². The lowest BCUT2D eigenvalue weighted by atomic mass is 10.0. The van der Waals surface area contributed by atoms with Crippen LogP contribution in [0, 0.1) is 0 Å². The lowest BCUT2D eigenvalue weighted by Crippen LogP contribution is -2.40. The van der Waals surface area contributed by atoms with Gasteiger partial charge in [-0.15, -0.1) is 0 Å². The van der Waals surface area contributed by atoms with Crippen LogP contribution < -0.4 is 15.4 Å². The first-order chi connectivity index (χ1) is 10.9. The molecule has 3 N–H and O–H groups in total. The number of nitrogens with one attached hydrogen (secondary N) is 2. The van der Waals surface area contributed by atoms with Crippen LogP contribution in [0.5, 0.6) is 5.75 Å². The molecular formula is C17H26N2O4. The first-order valence-electron chi connectivity index (χ1n) is 7.88. The first kappa shape index (κ1) is 18.8. The molecule has 6 heteroatoms. The average molecular weight is 322 g/mol. The standard InChI is InChI=1S/C17H26N2O4/c1-12(2)14-6-8-15(9-7-14)23-13(3)11-19-17(22)18-10-4-5-16(20)21/h6-9,12-13H,4-5,10-11H2,1-3H3,(H,20,21)(H2,18,19,22). The molecule has 128 valence electrons. The fraction of sp³-hybridized carbons (Fsp3) is 0.529. The molecule has 2 amide bonds. The SMILES string of the molecule is CC(CNC(=O)NCCCC(=O)O)Oc1ccc(C(C)C)cc1. The second-order valence-corrected chi connectivity index (χ2v) is 5.79. The number of carbonyl (C=O) groups is 2. The van der Waals surface area contributed by atoms with Crippen molar-refractivity contribution in [3.05, 3.63) is 29.8 Å². The van der Waals surface area contributed by atoms with E-state index in [0.29, 0.717) is 25.4 Å². The Labute approximate surface area is 137 Å². The highest BCUT2D eigenvalue weighted by Gasteiger charge is 2.07. The summed E-state index contributed by atoms with van der Waals surface area (Å²) in [4.78, 5) is 21.9. The number of hydrogen-bond donors (Lipinski definition) is 3. The fourth-order valence-electron chi connectivity index (χ4n) is 1.95. The molecule has 0 saturated carbocycles. The number of benzene rings is 1. The maximum Gasteiger partial charge on any atom is 0.314 e. The molecule has 1 aromatic rings. The fourth-order valence-corrected chi connectivity index (χ4v) is 1.95. The molecule has 0 saturated heterocycles. The van der Waals surface area contributed by atoms with Crippen LogP contribution in [0.4, 0.5) is 4.79 Å². The van der Waals surface area contributed by atoms with E-state index < -0.39 is 5.97 Å². The second kappa shape index (κ2) is 9.71. The number of rotatable bonds is 9. The molecule has 0 aliphatic carbocycles. The number of carbonyl (C=O) groups excluding carboxylic acids is 1. The predicted octanol–water partition coefficient (Wildman–Crippen LogP) is 2.74. The third-order valence-corrected chi connectivity index (χ3v) is 3.29. The Morgan fingerprint density at radius 1 is 1.13 bits per heavy atom. The summed E-state index contributed by atoms with van der Waals surface area (Å²) in [5.74, 6) is 0.385. The van der Waals surface area contributed by atoms with Crippen LogP contribution >= 0.6 is 0 Å². The third-order valence-electron chi connectivity index (χ3n) is 3.29. The molecular weight excluding hydrogens is 296 g/mol. The highest BCUT2D eigenvalue weighted by molar-refractivity contribution is 5.73. The summed E-state index contributed by atoms with van der Waals surface area (Å²) in [5, 5.41) is 13.8. The van der Waals surface area contributed by atoms with Crippen molar-refractivity contribution in [2.24, 2.45) is 0 Å². The lowest BCUT2D eigenvalue weighted by Gasteiger charge is -2.16. The summed E-state index contributed by atoms with van der Waals surface area (Å²) in [6.07, 6.45) is 0.299. The van der Waals surface area contributed by atoms with Crippen molar-refractivity contribution in [2.75, 3.05) is 13.1 Å². The van der Waals surface area contributed by atoms with Gasteiger partial charge in [-0.25, -0.2) is 4.79 Å². The van der Waals surface area contributed by atoms with Gasteiger partial charge in [0.1, 0.15) is 11.9 Å². The zero-order chi connectivity index (χ0) is 17.2. The zero-order valence-electron chi connectivity index (χ0n) is 14.0. The quantitative estimate of drug-likeness (QED) is 0.610. The van der Waals surface area contributed by atoms with Crippen molar-refractivity contribution in [1.29, 1.82) is 0 Å². The van der Waals surface area contributed by atoms with E-state index in [1.54, 1.807) is 0 Å². The smallest absolute Gasteiger partial charge is 0.314 e. The largest absolute Gasteiger partial charge is 0.489 e. The third kappa shape index (κ3) is 8.09. The van der Waals surface area contributed by atoms with E-state index in [1.165, 1.54) is 5.56 Å². The van der Waals surface area contributed by atoms with Gasteiger partial charge in [-0.1, -0.05) is 26.0 Å². The van der Waals surface area contributed by atoms with Gasteiger partial charge in [-0.05, 0) is 37.0 Å². The number of aliphatic carboxylic acids is 1. The van der Waals surface area contributed by atoms with Crippen LogP contribution in [0.15, 0.2) is 24.3 Å². The van der Waals surface area contributed by atoms with E-state index in [1.807, 2.05) is 31.2 Å². The lowest BCUT2D eigenvalue weighted by molar-refractivity contribution is -0.137. The normalized spacial score (nSPS) is 11.8. The van der Waals surface area contributed by atoms with E-state index in [9.17, 15) is 9.59 Å². The monoisotopic (exact) mass is 322 g/mol. The average Bonchev–Trinajstić information content (AvgIpc) is 2.50. The molecule has 0 radical (unpaired) electrons. The maximum absolute atomic E-state index is 11.5. The number of carboxylic acid groups (broad SMARTS) is 1. The molecule has 0 heterocycles. The molecule has 0 fully saturated rings. The molecule has 1 unspecified atom stereocenters. The van der Waals surface area contributed by atoms with Crippen LogP contribution in [0.3, 0.4) is 0 Å². The minimum atomic E-state index is -0.863. The van der Waals surface area contributed by atoms with E-state index in [-0.39, 0.29) is 18.6 Å². The predicted molar refractivity (Wildman–Crippen MR) is 88.9 cm³/mol. The molecule has 23 heavy (non-hydrogen) atoms. The molecule has 0 aliphatic heterocycles. The summed E-state index contributed by atoms with van der Waals surface area (Å²) in [7, 11) is 0. The molecule has 1 aromatic carbocycles. The van der Waals surface area contributed by atoms with E-state index in [4.69, 9.17) is 9.84 Å². The van der Waals surface area contributed by atoms with Crippen molar-refractivity contribution in [3.63, 3.8) is 0 Å². The summed E-state index contributed by atoms with van der Waals surface area (Å²) >= 11 is 0. The Bertz CT molecular complexity index is 500. The van der Waals surface area contributed by atoms with E-state index in [2.05, 4.69) is 24.5 Å². The molecule has 0 aromatic heterocycles. The molecule has 0 bridgehead atoms. The van der Waals surface area contributed by atoms with Gasteiger partial charge in [0.25, 0.3) is 0 Å². The van der Waals surface area contributed by atoms with Crippen LogP contribution in [0.25, 0.3) is 0 Å². The van der Waals surface area contributed by atoms with Gasteiger partial charge in [-0.3, -0.25) is 4.79 Å². The number of amides is 2. The van der Waals surface area contributed by atoms with Gasteiger partial charge in [-0.2, -0.15) is 0 Å². The number of urea groups is 1. The zero-order valence-corrected chi connectivity index (χ0v) is 14.0. The summed E-state index contributed by atoms with van der Waals surface area (Å²) in [6.45, 7) is 6.86. The van der Waals surface area contributed by atoms with Gasteiger partial charge >= 0.3 is 12.0 Å². The Balaban J connectivity index is 2.24. The minimum absolute atomic E-state index is 0.0478. The topological polar surface area (TPSA) is 87.7 Å². The van der Waals surface area contributed by atoms with Gasteiger partial charge < -0.3 is 20.5 Å². The Morgan fingerprint density at radius 2 is 1.78 bits per heavy atom. The summed E-state index contributed by atoms with van der Waals surface area (Å²) in [5.41, 5.74) is 1.25. The van der Waals surface area contributed by atoms with Crippen LogP contribution in [-0.2, 0) is 4.79 Å². The number of carboxylic acids is 1. The van der Waals surface area contributed by atoms with E-state index >= 15 is 0 Å². The van der Waals surface area contributed by atoms with Crippen molar-refractivity contribution >= 4 is 12.0 Å². The van der Waals surface area contributed by atoms with Crippen molar-refractivity contribution < 1.29 is 19.4 Å². The minimum Gasteiger partial charge on any atom is -0.489 e. The van der Waals surface area contributed by atoms with Gasteiger partial charge in [0.2, 0.25) is 0 Å². The van der Waals surface area contributed by atoms with Crippen molar-refractivity contribution in [1.82, 2.24) is 10.6 Å². The first-order valence-corrected chi connectivity index (χ1v) is 7.88. The Morgan fingerprint density at radius 3 is 2.35 bits per heavy atom. The van der Waals surface area contributed by atoms with Crippen LogP contribution in [0.2, 0.25) is 0 Å². The van der Waals surface area contributed by atoms with E-state index in [0.717, 1.165) is 5.75 Å². The highest BCUT2D eigenvalue weighted by atomic mass is 16.5. The van der Waals surface area contributed by atoms with Crippen molar-refractivity contribution in [2.45, 2.75) is 45.6 Å². The Hall–Kier alpha value is -2.24. The van der Waals surface area contributed by atoms with Gasteiger partial charge in [0.05, 0.1) is 6.54 Å². The van der Waals surface area contributed by atoms with Crippen LogP contribution in [0.1, 0.15) is 45.1 Å². The van der Waals surface area contributed by atoms with Crippen LogP contribution in [-0.4, -0.2) is 36.3 Å². The van der Waals surface area contributed by atoms with Crippen molar-refractivity contribution in [3.8, 4) is 5.75 Å². The summed E-state index contributed by atoms with van der Waals surface area (Å²) in [6, 6.07) is 7.61. The molecule has 6 nitrogen and oxygen atoms in total. The molecule has 0 aliphatic rings.